The first-order valence-electron chi connectivity index (χ1n) is 4.40. The van der Waals surface area contributed by atoms with Gasteiger partial charge in [0, 0.05) is 6.20 Å². The summed E-state index contributed by atoms with van der Waals surface area (Å²) in [5, 5.41) is 3.31. The summed E-state index contributed by atoms with van der Waals surface area (Å²) in [5.41, 5.74) is 2.05. The highest BCUT2D eigenvalue weighted by Crippen LogP contribution is 2.16. The molecule has 13 heavy (non-hydrogen) atoms. The van der Waals surface area contributed by atoms with Crippen LogP contribution in [0.4, 0.5) is 0 Å². The van der Waals surface area contributed by atoms with E-state index in [9.17, 15) is 0 Å². The number of nitrogens with zero attached hydrogens (tertiary/aromatic N) is 2. The number of rotatable bonds is 4. The first-order chi connectivity index (χ1) is 6.25. The Morgan fingerprint density at radius 1 is 1.69 bits per heavy atom. The Bertz CT molecular complexity index is 269. The molecule has 0 saturated heterocycles. The Hall–Kier alpha value is -1.22. The summed E-state index contributed by atoms with van der Waals surface area (Å²) in [5.74, 6) is 0. The molecule has 1 unspecified atom stereocenters. The Labute approximate surface area is 78.9 Å². The van der Waals surface area contributed by atoms with Gasteiger partial charge in [0.15, 0.2) is 0 Å². The van der Waals surface area contributed by atoms with Gasteiger partial charge in [0.1, 0.15) is 6.33 Å². The van der Waals surface area contributed by atoms with Crippen LogP contribution in [-0.4, -0.2) is 16.5 Å². The second-order valence-corrected chi connectivity index (χ2v) is 2.97. The Kier molecular flexibility index (Phi) is 3.58. The predicted molar refractivity (Wildman–Crippen MR) is 53.3 cm³/mol. The second-order valence-electron chi connectivity index (χ2n) is 2.97. The summed E-state index contributed by atoms with van der Waals surface area (Å²) >= 11 is 0. The lowest BCUT2D eigenvalue weighted by molar-refractivity contribution is 0.605. The van der Waals surface area contributed by atoms with Crippen LogP contribution in [0.2, 0.25) is 0 Å². The van der Waals surface area contributed by atoms with Crippen molar-refractivity contribution < 1.29 is 0 Å². The SMILES string of the molecule is C=C(C)C(NCC)c1ccncn1. The van der Waals surface area contributed by atoms with Crippen molar-refractivity contribution in [3.63, 3.8) is 0 Å². The van der Waals surface area contributed by atoms with Gasteiger partial charge >= 0.3 is 0 Å². The van der Waals surface area contributed by atoms with Crippen LogP contribution in [0.5, 0.6) is 0 Å². The number of nitrogens with one attached hydrogen (secondary N) is 1. The van der Waals surface area contributed by atoms with Gasteiger partial charge in [-0.15, -0.1) is 0 Å². The molecule has 70 valence electrons. The summed E-state index contributed by atoms with van der Waals surface area (Å²) in [7, 11) is 0. The van der Waals surface area contributed by atoms with Crippen LogP contribution in [0.25, 0.3) is 0 Å². The molecule has 0 radical (unpaired) electrons. The van der Waals surface area contributed by atoms with E-state index in [2.05, 4.69) is 28.8 Å². The van der Waals surface area contributed by atoms with Gasteiger partial charge < -0.3 is 5.32 Å². The number of hydrogen-bond donors (Lipinski definition) is 1. The first kappa shape index (κ1) is 9.86. The zero-order chi connectivity index (χ0) is 9.68. The minimum atomic E-state index is 0.146. The highest BCUT2D eigenvalue weighted by Gasteiger charge is 2.10. The molecule has 0 fully saturated rings. The van der Waals surface area contributed by atoms with Gasteiger partial charge in [-0.1, -0.05) is 19.1 Å². The molecule has 1 heterocycles. The summed E-state index contributed by atoms with van der Waals surface area (Å²) < 4.78 is 0. The Morgan fingerprint density at radius 3 is 2.92 bits per heavy atom. The van der Waals surface area contributed by atoms with Crippen molar-refractivity contribution in [2.24, 2.45) is 0 Å². The molecule has 1 N–H and O–H groups in total. The van der Waals surface area contributed by atoms with Gasteiger partial charge in [-0.3, -0.25) is 0 Å². The third-order valence-corrected chi connectivity index (χ3v) is 1.80. The van der Waals surface area contributed by atoms with Crippen molar-refractivity contribution in [1.82, 2.24) is 15.3 Å². The molecule has 0 aliphatic heterocycles. The van der Waals surface area contributed by atoms with Crippen molar-refractivity contribution in [1.29, 1.82) is 0 Å². The fourth-order valence-electron chi connectivity index (χ4n) is 1.21. The number of aromatic nitrogens is 2. The standard InChI is InChI=1S/C10H15N3/c1-4-12-10(8(2)3)9-5-6-11-7-13-9/h5-7,10,12H,2,4H2,1,3H3. The Morgan fingerprint density at radius 2 is 2.46 bits per heavy atom. The average molecular weight is 177 g/mol. The van der Waals surface area contributed by atoms with E-state index in [-0.39, 0.29) is 6.04 Å². The maximum atomic E-state index is 4.18. The van der Waals surface area contributed by atoms with Gasteiger partial charge in [-0.05, 0) is 19.5 Å². The maximum absolute atomic E-state index is 4.18. The molecule has 0 bridgehead atoms. The fourth-order valence-corrected chi connectivity index (χ4v) is 1.21. The quantitative estimate of drug-likeness (QED) is 0.711. The summed E-state index contributed by atoms with van der Waals surface area (Å²) in [6.45, 7) is 8.89. The molecule has 3 heteroatoms. The van der Waals surface area contributed by atoms with Crippen molar-refractivity contribution >= 4 is 0 Å². The minimum Gasteiger partial charge on any atom is -0.306 e. The molecular formula is C10H15N3. The highest BCUT2D eigenvalue weighted by atomic mass is 14.9. The molecule has 1 rings (SSSR count). The van der Waals surface area contributed by atoms with E-state index in [0.717, 1.165) is 17.8 Å². The monoisotopic (exact) mass is 177 g/mol. The smallest absolute Gasteiger partial charge is 0.115 e. The number of hydrogen-bond acceptors (Lipinski definition) is 3. The third kappa shape index (κ3) is 2.63. The van der Waals surface area contributed by atoms with Gasteiger partial charge in [0.2, 0.25) is 0 Å². The van der Waals surface area contributed by atoms with E-state index in [1.807, 2.05) is 13.0 Å². The summed E-state index contributed by atoms with van der Waals surface area (Å²) in [6, 6.07) is 2.05. The lowest BCUT2D eigenvalue weighted by atomic mass is 10.1. The highest BCUT2D eigenvalue weighted by molar-refractivity contribution is 5.16. The first-order valence-corrected chi connectivity index (χ1v) is 4.40. The molecule has 0 saturated carbocycles. The van der Waals surface area contributed by atoms with E-state index in [0.29, 0.717) is 0 Å². The van der Waals surface area contributed by atoms with Crippen molar-refractivity contribution in [3.8, 4) is 0 Å². The van der Waals surface area contributed by atoms with E-state index in [1.54, 1.807) is 12.5 Å². The molecule has 1 aromatic heterocycles. The van der Waals surface area contributed by atoms with Crippen LogP contribution >= 0.6 is 0 Å². The topological polar surface area (TPSA) is 37.8 Å². The zero-order valence-corrected chi connectivity index (χ0v) is 8.12. The molecular weight excluding hydrogens is 162 g/mol. The van der Waals surface area contributed by atoms with Crippen molar-refractivity contribution in [3.05, 3.63) is 36.4 Å². The lowest BCUT2D eigenvalue weighted by Crippen LogP contribution is -2.22. The Balaban J connectivity index is 2.82. The van der Waals surface area contributed by atoms with Crippen LogP contribution in [0.1, 0.15) is 25.6 Å². The zero-order valence-electron chi connectivity index (χ0n) is 8.12. The van der Waals surface area contributed by atoms with E-state index in [4.69, 9.17) is 0 Å². The van der Waals surface area contributed by atoms with Gasteiger partial charge in [-0.2, -0.15) is 0 Å². The predicted octanol–water partition coefficient (Wildman–Crippen LogP) is 1.70. The third-order valence-electron chi connectivity index (χ3n) is 1.80. The van der Waals surface area contributed by atoms with Crippen molar-refractivity contribution in [2.75, 3.05) is 6.54 Å². The molecule has 3 nitrogen and oxygen atoms in total. The van der Waals surface area contributed by atoms with E-state index in [1.165, 1.54) is 0 Å². The van der Waals surface area contributed by atoms with Gasteiger partial charge in [-0.25, -0.2) is 9.97 Å². The van der Waals surface area contributed by atoms with Crippen LogP contribution in [0, 0.1) is 0 Å². The van der Waals surface area contributed by atoms with Gasteiger partial charge in [0.25, 0.3) is 0 Å². The molecule has 0 aromatic carbocycles. The molecule has 0 aliphatic rings. The maximum Gasteiger partial charge on any atom is 0.115 e. The van der Waals surface area contributed by atoms with Crippen LogP contribution in [0.15, 0.2) is 30.7 Å². The molecule has 1 atom stereocenters. The van der Waals surface area contributed by atoms with Crippen LogP contribution in [-0.2, 0) is 0 Å². The second kappa shape index (κ2) is 4.72. The normalized spacial score (nSPS) is 12.5. The minimum absolute atomic E-state index is 0.146. The van der Waals surface area contributed by atoms with Crippen LogP contribution in [0.3, 0.4) is 0 Å². The summed E-state index contributed by atoms with van der Waals surface area (Å²) in [6.07, 6.45) is 3.30. The average Bonchev–Trinajstić information content (AvgIpc) is 2.15. The molecule has 0 aliphatic carbocycles. The molecule has 1 aromatic rings. The molecule has 0 amide bonds. The fraction of sp³-hybridized carbons (Fsp3) is 0.400. The molecule has 0 spiro atoms. The van der Waals surface area contributed by atoms with E-state index >= 15 is 0 Å². The van der Waals surface area contributed by atoms with Crippen LogP contribution < -0.4 is 5.32 Å². The van der Waals surface area contributed by atoms with Crippen molar-refractivity contribution in [2.45, 2.75) is 19.9 Å². The number of likely N-dealkylation sites (N-methyl/N-ethyl adjacent to an activating group) is 1. The van der Waals surface area contributed by atoms with E-state index < -0.39 is 0 Å². The summed E-state index contributed by atoms with van der Waals surface area (Å²) in [4.78, 5) is 8.06. The van der Waals surface area contributed by atoms with Gasteiger partial charge in [0.05, 0.1) is 11.7 Å². The largest absolute Gasteiger partial charge is 0.306 e. The lowest BCUT2D eigenvalue weighted by Gasteiger charge is -2.16.